The van der Waals surface area contributed by atoms with E-state index in [4.69, 9.17) is 21.1 Å². The SMILES string of the molecule is O=C(COc1ccc(Cl)cc1)N/N=C/c1cc(Br)ccc1OCc1ccccc1. The molecule has 0 radical (unpaired) electrons. The quantitative estimate of drug-likeness (QED) is 0.361. The number of hydrazone groups is 1. The molecule has 0 spiro atoms. The van der Waals surface area contributed by atoms with E-state index < -0.39 is 0 Å². The molecule has 0 atom stereocenters. The molecule has 148 valence electrons. The number of nitrogens with one attached hydrogen (secondary N) is 1. The minimum atomic E-state index is -0.377. The maximum absolute atomic E-state index is 11.9. The van der Waals surface area contributed by atoms with Crippen molar-refractivity contribution in [1.82, 2.24) is 5.43 Å². The molecule has 0 aromatic heterocycles. The van der Waals surface area contributed by atoms with Gasteiger partial charge < -0.3 is 9.47 Å². The lowest BCUT2D eigenvalue weighted by Crippen LogP contribution is -2.24. The summed E-state index contributed by atoms with van der Waals surface area (Å²) in [5.41, 5.74) is 4.23. The fourth-order valence-corrected chi connectivity index (χ4v) is 2.88. The van der Waals surface area contributed by atoms with E-state index in [2.05, 4.69) is 26.5 Å². The van der Waals surface area contributed by atoms with Crippen molar-refractivity contribution in [3.8, 4) is 11.5 Å². The number of carbonyl (C=O) groups excluding carboxylic acids is 1. The van der Waals surface area contributed by atoms with Gasteiger partial charge in [-0.15, -0.1) is 0 Å². The van der Waals surface area contributed by atoms with E-state index in [0.717, 1.165) is 15.6 Å². The second-order valence-corrected chi connectivity index (χ2v) is 7.34. The summed E-state index contributed by atoms with van der Waals surface area (Å²) in [5.74, 6) is 0.836. The Morgan fingerprint density at radius 2 is 1.79 bits per heavy atom. The molecule has 0 unspecified atom stereocenters. The van der Waals surface area contributed by atoms with Crippen LogP contribution in [0.2, 0.25) is 5.02 Å². The van der Waals surface area contributed by atoms with Crippen LogP contribution in [0.1, 0.15) is 11.1 Å². The highest BCUT2D eigenvalue weighted by atomic mass is 79.9. The summed E-state index contributed by atoms with van der Waals surface area (Å²) in [6.45, 7) is 0.277. The van der Waals surface area contributed by atoms with E-state index in [0.29, 0.717) is 23.1 Å². The summed E-state index contributed by atoms with van der Waals surface area (Å²) in [5, 5.41) is 4.60. The van der Waals surface area contributed by atoms with Crippen LogP contribution in [0.15, 0.2) is 82.4 Å². The zero-order valence-electron chi connectivity index (χ0n) is 15.3. The highest BCUT2D eigenvalue weighted by molar-refractivity contribution is 9.10. The Labute approximate surface area is 182 Å². The smallest absolute Gasteiger partial charge is 0.277 e. The first-order chi connectivity index (χ1) is 14.1. The largest absolute Gasteiger partial charge is 0.488 e. The van der Waals surface area contributed by atoms with Gasteiger partial charge in [-0.2, -0.15) is 5.10 Å². The van der Waals surface area contributed by atoms with Crippen molar-refractivity contribution in [3.63, 3.8) is 0 Å². The standard InChI is InChI=1S/C22H18BrClN2O3/c23-18-6-11-21(29-14-16-4-2-1-3-5-16)17(12-18)13-25-26-22(27)15-28-20-9-7-19(24)8-10-20/h1-13H,14-15H2,(H,26,27)/b25-13+. The van der Waals surface area contributed by atoms with E-state index in [9.17, 15) is 4.79 Å². The number of halogens is 2. The molecule has 0 bridgehead atoms. The summed E-state index contributed by atoms with van der Waals surface area (Å²) >= 11 is 9.25. The van der Waals surface area contributed by atoms with Crippen molar-refractivity contribution >= 4 is 39.7 Å². The Morgan fingerprint density at radius 1 is 1.03 bits per heavy atom. The first-order valence-electron chi connectivity index (χ1n) is 8.77. The molecule has 29 heavy (non-hydrogen) atoms. The third-order valence-electron chi connectivity index (χ3n) is 3.79. The molecule has 3 aromatic rings. The minimum absolute atomic E-state index is 0.158. The fraction of sp³-hybridized carbons (Fsp3) is 0.0909. The Balaban J connectivity index is 1.55. The number of nitrogens with zero attached hydrogens (tertiary/aromatic N) is 1. The monoisotopic (exact) mass is 472 g/mol. The van der Waals surface area contributed by atoms with Crippen LogP contribution >= 0.6 is 27.5 Å². The number of ether oxygens (including phenoxy) is 2. The Morgan fingerprint density at radius 3 is 2.55 bits per heavy atom. The van der Waals surface area contributed by atoms with Crippen LogP contribution in [0.5, 0.6) is 11.5 Å². The van der Waals surface area contributed by atoms with Crippen molar-refractivity contribution in [1.29, 1.82) is 0 Å². The van der Waals surface area contributed by atoms with Crippen molar-refractivity contribution in [2.75, 3.05) is 6.61 Å². The number of carbonyl (C=O) groups is 1. The highest BCUT2D eigenvalue weighted by Gasteiger charge is 2.05. The molecule has 0 aliphatic heterocycles. The third-order valence-corrected chi connectivity index (χ3v) is 4.53. The zero-order valence-corrected chi connectivity index (χ0v) is 17.7. The van der Waals surface area contributed by atoms with E-state index in [1.54, 1.807) is 24.3 Å². The van der Waals surface area contributed by atoms with Gasteiger partial charge in [-0.05, 0) is 48.0 Å². The fourth-order valence-electron chi connectivity index (χ4n) is 2.37. The van der Waals surface area contributed by atoms with Gasteiger partial charge in [0.05, 0.1) is 6.21 Å². The Kier molecular flexibility index (Phi) is 7.67. The maximum atomic E-state index is 11.9. The van der Waals surface area contributed by atoms with Crippen LogP contribution in [-0.4, -0.2) is 18.7 Å². The first-order valence-corrected chi connectivity index (χ1v) is 9.94. The Bertz CT molecular complexity index is 979. The topological polar surface area (TPSA) is 59.9 Å². The average molecular weight is 474 g/mol. The summed E-state index contributed by atoms with van der Waals surface area (Å²) in [6.07, 6.45) is 1.53. The van der Waals surface area contributed by atoms with Crippen LogP contribution in [0.4, 0.5) is 0 Å². The van der Waals surface area contributed by atoms with E-state index in [-0.39, 0.29) is 12.5 Å². The molecule has 0 saturated heterocycles. The van der Waals surface area contributed by atoms with Crippen molar-refractivity contribution < 1.29 is 14.3 Å². The predicted octanol–water partition coefficient (Wildman–Crippen LogP) is 5.21. The summed E-state index contributed by atoms with van der Waals surface area (Å²) in [7, 11) is 0. The number of hydrogen-bond donors (Lipinski definition) is 1. The van der Waals surface area contributed by atoms with Gasteiger partial charge >= 0.3 is 0 Å². The molecule has 0 saturated carbocycles. The van der Waals surface area contributed by atoms with Gasteiger partial charge in [-0.3, -0.25) is 4.79 Å². The average Bonchev–Trinajstić information content (AvgIpc) is 2.73. The minimum Gasteiger partial charge on any atom is -0.488 e. The molecule has 3 aromatic carbocycles. The van der Waals surface area contributed by atoms with Gasteiger partial charge in [-0.25, -0.2) is 5.43 Å². The number of hydrogen-bond acceptors (Lipinski definition) is 4. The lowest BCUT2D eigenvalue weighted by atomic mass is 10.2. The molecule has 7 heteroatoms. The normalized spacial score (nSPS) is 10.7. The van der Waals surface area contributed by atoms with Gasteiger partial charge in [0, 0.05) is 15.1 Å². The van der Waals surface area contributed by atoms with Gasteiger partial charge in [-0.1, -0.05) is 57.9 Å². The second-order valence-electron chi connectivity index (χ2n) is 5.99. The summed E-state index contributed by atoms with van der Waals surface area (Å²) in [6, 6.07) is 22.2. The number of rotatable bonds is 8. The third kappa shape index (κ3) is 6.93. The van der Waals surface area contributed by atoms with Crippen LogP contribution in [0, 0.1) is 0 Å². The van der Waals surface area contributed by atoms with Crippen LogP contribution in [0.3, 0.4) is 0 Å². The lowest BCUT2D eigenvalue weighted by molar-refractivity contribution is -0.123. The van der Waals surface area contributed by atoms with E-state index >= 15 is 0 Å². The molecule has 5 nitrogen and oxygen atoms in total. The van der Waals surface area contributed by atoms with Crippen LogP contribution in [-0.2, 0) is 11.4 Å². The first kappa shape index (κ1) is 20.9. The molecule has 0 aliphatic carbocycles. The van der Waals surface area contributed by atoms with Gasteiger partial charge in [0.25, 0.3) is 5.91 Å². The molecule has 0 heterocycles. The molecular weight excluding hydrogens is 456 g/mol. The predicted molar refractivity (Wildman–Crippen MR) is 118 cm³/mol. The molecular formula is C22H18BrClN2O3. The van der Waals surface area contributed by atoms with Crippen molar-refractivity contribution in [2.24, 2.45) is 5.10 Å². The van der Waals surface area contributed by atoms with Gasteiger partial charge in [0.1, 0.15) is 18.1 Å². The summed E-state index contributed by atoms with van der Waals surface area (Å²) < 4.78 is 12.1. The molecule has 3 rings (SSSR count). The van der Waals surface area contributed by atoms with E-state index in [1.807, 2.05) is 48.5 Å². The number of benzene rings is 3. The molecule has 1 N–H and O–H groups in total. The zero-order chi connectivity index (χ0) is 20.5. The maximum Gasteiger partial charge on any atom is 0.277 e. The second kappa shape index (κ2) is 10.6. The lowest BCUT2D eigenvalue weighted by Gasteiger charge is -2.10. The van der Waals surface area contributed by atoms with Crippen molar-refractivity contribution in [3.05, 3.63) is 93.4 Å². The number of amides is 1. The highest BCUT2D eigenvalue weighted by Crippen LogP contribution is 2.23. The Hall–Kier alpha value is -2.83. The van der Waals surface area contributed by atoms with Crippen LogP contribution in [0.25, 0.3) is 0 Å². The van der Waals surface area contributed by atoms with Gasteiger partial charge in [0.2, 0.25) is 0 Å². The van der Waals surface area contributed by atoms with E-state index in [1.165, 1.54) is 6.21 Å². The molecule has 0 aliphatic rings. The summed E-state index contributed by atoms with van der Waals surface area (Å²) in [4.78, 5) is 11.9. The molecule has 0 fully saturated rings. The van der Waals surface area contributed by atoms with Gasteiger partial charge in [0.15, 0.2) is 6.61 Å². The molecule has 1 amide bonds. The van der Waals surface area contributed by atoms with Crippen molar-refractivity contribution in [2.45, 2.75) is 6.61 Å². The van der Waals surface area contributed by atoms with Crippen LogP contribution < -0.4 is 14.9 Å².